The van der Waals surface area contributed by atoms with E-state index in [1.54, 1.807) is 4.90 Å². The van der Waals surface area contributed by atoms with Crippen LogP contribution in [0.4, 0.5) is 14.9 Å². The van der Waals surface area contributed by atoms with E-state index in [0.29, 0.717) is 33.1 Å². The van der Waals surface area contributed by atoms with Gasteiger partial charge in [-0.15, -0.1) is 6.58 Å². The van der Waals surface area contributed by atoms with Crippen molar-refractivity contribution in [2.24, 2.45) is 0 Å². The summed E-state index contributed by atoms with van der Waals surface area (Å²) in [6.45, 7) is 8.55. The highest BCUT2D eigenvalue weighted by molar-refractivity contribution is 9.10. The maximum atomic E-state index is 12.3. The van der Waals surface area contributed by atoms with E-state index in [1.807, 2.05) is 44.2 Å². The van der Waals surface area contributed by atoms with E-state index in [-0.39, 0.29) is 24.5 Å². The zero-order valence-corrected chi connectivity index (χ0v) is 20.1. The van der Waals surface area contributed by atoms with Crippen LogP contribution in [-0.2, 0) is 21.4 Å². The van der Waals surface area contributed by atoms with Crippen molar-refractivity contribution in [3.63, 3.8) is 0 Å². The number of benzene rings is 1. The van der Waals surface area contributed by atoms with Gasteiger partial charge in [-0.25, -0.2) is 17.5 Å². The van der Waals surface area contributed by atoms with Gasteiger partial charge in [0.15, 0.2) is 0 Å². The summed E-state index contributed by atoms with van der Waals surface area (Å²) >= 11 is 3.43. The maximum Gasteiger partial charge on any atom is 0.414 e. The summed E-state index contributed by atoms with van der Waals surface area (Å²) in [6.07, 6.45) is 6.21. The van der Waals surface area contributed by atoms with Gasteiger partial charge in [0.2, 0.25) is 10.0 Å². The SMILES string of the molecule is C/C=C\C.C=CCS(=O)(=O)N1CCC(N2C(=O)OCc3cc(Br)ccc32)CC1.CF. The molecule has 0 aromatic heterocycles. The number of carbonyl (C=O) groups is 1. The molecule has 3 rings (SSSR count). The normalized spacial score (nSPS) is 17.2. The molecule has 1 saturated heterocycles. The number of halogens is 2. The highest BCUT2D eigenvalue weighted by atomic mass is 79.9. The number of nitrogens with zero attached hydrogens (tertiary/aromatic N) is 2. The van der Waals surface area contributed by atoms with Gasteiger partial charge in [0.1, 0.15) is 6.61 Å². The lowest BCUT2D eigenvalue weighted by atomic mass is 10.0. The van der Waals surface area contributed by atoms with E-state index in [1.165, 1.54) is 10.4 Å². The molecule has 0 radical (unpaired) electrons. The number of alkyl halides is 1. The fraction of sp³-hybridized carbons (Fsp3) is 0.476. The molecule has 2 aliphatic heterocycles. The highest BCUT2D eigenvalue weighted by Crippen LogP contribution is 2.34. The fourth-order valence-electron chi connectivity index (χ4n) is 3.19. The summed E-state index contributed by atoms with van der Waals surface area (Å²) in [5.41, 5.74) is 1.80. The van der Waals surface area contributed by atoms with Gasteiger partial charge in [-0.3, -0.25) is 9.29 Å². The number of cyclic esters (lactones) is 1. The topological polar surface area (TPSA) is 66.9 Å². The Kier molecular flexibility index (Phi) is 11.3. The van der Waals surface area contributed by atoms with Gasteiger partial charge in [-0.1, -0.05) is 34.2 Å². The van der Waals surface area contributed by atoms with Crippen molar-refractivity contribution < 1.29 is 22.3 Å². The van der Waals surface area contributed by atoms with E-state index in [9.17, 15) is 17.6 Å². The lowest BCUT2D eigenvalue weighted by Gasteiger charge is -2.39. The Bertz CT molecular complexity index is 833. The van der Waals surface area contributed by atoms with Gasteiger partial charge >= 0.3 is 6.09 Å². The molecular weight excluding hydrogens is 475 g/mol. The number of sulfonamides is 1. The maximum absolute atomic E-state index is 12.3. The molecule has 0 N–H and O–H groups in total. The second-order valence-corrected chi connectivity index (χ2v) is 9.49. The van der Waals surface area contributed by atoms with E-state index >= 15 is 0 Å². The summed E-state index contributed by atoms with van der Waals surface area (Å²) in [5.74, 6) is -0.0553. The Hall–Kier alpha value is -1.71. The van der Waals surface area contributed by atoms with E-state index in [0.717, 1.165) is 15.7 Å². The summed E-state index contributed by atoms with van der Waals surface area (Å²) < 4.78 is 41.4. The first-order valence-corrected chi connectivity index (χ1v) is 12.0. The standard InChI is InChI=1S/C16H19BrN2O4S.C4H8.CH3F/c1-2-9-24(21,22)18-7-5-14(6-8-18)19-15-4-3-13(17)10-12(15)11-23-16(19)20;1-3-4-2;1-2/h2-4,10,14H,1,5-9,11H2;3-4H,1-2H3;1H3/b;4-3-;. The number of amides is 1. The van der Waals surface area contributed by atoms with Crippen LogP contribution >= 0.6 is 15.9 Å². The van der Waals surface area contributed by atoms with Crippen LogP contribution in [0.5, 0.6) is 0 Å². The lowest BCUT2D eigenvalue weighted by molar-refractivity contribution is 0.136. The quantitative estimate of drug-likeness (QED) is 0.537. The van der Waals surface area contributed by atoms with Crippen LogP contribution in [0.25, 0.3) is 0 Å². The number of hydrogen-bond acceptors (Lipinski definition) is 4. The van der Waals surface area contributed by atoms with Gasteiger partial charge in [0, 0.05) is 29.2 Å². The number of fused-ring (bicyclic) bond motifs is 1. The van der Waals surface area contributed by atoms with Gasteiger partial charge in [0.25, 0.3) is 0 Å². The minimum absolute atomic E-state index is 0.0553. The van der Waals surface area contributed by atoms with E-state index in [2.05, 4.69) is 22.5 Å². The van der Waals surface area contributed by atoms with Crippen LogP contribution in [0.1, 0.15) is 32.3 Å². The molecule has 0 spiro atoms. The van der Waals surface area contributed by atoms with Crippen LogP contribution in [-0.4, -0.2) is 50.9 Å². The first kappa shape index (κ1) is 26.3. The van der Waals surface area contributed by atoms with Crippen molar-refractivity contribution in [2.75, 3.05) is 30.9 Å². The molecule has 0 atom stereocenters. The van der Waals surface area contributed by atoms with Crippen molar-refractivity contribution in [2.45, 2.75) is 39.3 Å². The van der Waals surface area contributed by atoms with Crippen LogP contribution in [0.2, 0.25) is 0 Å². The third-order valence-corrected chi connectivity index (χ3v) is 6.99. The Morgan fingerprint density at radius 3 is 2.37 bits per heavy atom. The summed E-state index contributed by atoms with van der Waals surface area (Å²) in [6, 6.07) is 5.68. The smallest absolute Gasteiger partial charge is 0.414 e. The summed E-state index contributed by atoms with van der Waals surface area (Å²) in [5, 5.41) is 0. The molecule has 1 amide bonds. The van der Waals surface area contributed by atoms with E-state index < -0.39 is 10.0 Å². The Balaban J connectivity index is 0.000000673. The van der Waals surface area contributed by atoms with Gasteiger partial charge < -0.3 is 4.74 Å². The van der Waals surface area contributed by atoms with Crippen molar-refractivity contribution in [3.05, 3.63) is 53.0 Å². The van der Waals surface area contributed by atoms with Crippen molar-refractivity contribution >= 4 is 37.7 Å². The molecular formula is C21H30BrFN2O4S. The predicted molar refractivity (Wildman–Crippen MR) is 123 cm³/mol. The molecule has 0 unspecified atom stereocenters. The average molecular weight is 505 g/mol. The van der Waals surface area contributed by atoms with Crippen LogP contribution in [0.15, 0.2) is 47.5 Å². The van der Waals surface area contributed by atoms with Crippen LogP contribution in [0.3, 0.4) is 0 Å². The number of anilines is 1. The first-order chi connectivity index (χ1) is 14.3. The average Bonchev–Trinajstić information content (AvgIpc) is 2.75. The van der Waals surface area contributed by atoms with Crippen molar-refractivity contribution in [1.82, 2.24) is 4.31 Å². The highest BCUT2D eigenvalue weighted by Gasteiger charge is 2.36. The third-order valence-electron chi connectivity index (χ3n) is 4.69. The van der Waals surface area contributed by atoms with Crippen molar-refractivity contribution in [1.29, 1.82) is 0 Å². The fourth-order valence-corrected chi connectivity index (χ4v) is 4.88. The monoisotopic (exact) mass is 504 g/mol. The second kappa shape index (κ2) is 12.9. The lowest BCUT2D eigenvalue weighted by Crippen LogP contribution is -2.50. The molecule has 0 saturated carbocycles. The van der Waals surface area contributed by atoms with Crippen LogP contribution in [0, 0.1) is 0 Å². The van der Waals surface area contributed by atoms with Gasteiger partial charge in [0.05, 0.1) is 18.6 Å². The Morgan fingerprint density at radius 1 is 1.23 bits per heavy atom. The first-order valence-electron chi connectivity index (χ1n) is 9.62. The number of piperidine rings is 1. The van der Waals surface area contributed by atoms with Crippen LogP contribution < -0.4 is 4.90 Å². The number of rotatable bonds is 4. The van der Waals surface area contributed by atoms with Gasteiger partial charge in [-0.05, 0) is 44.9 Å². The molecule has 168 valence electrons. The molecule has 0 bridgehead atoms. The molecule has 1 aromatic carbocycles. The number of hydrogen-bond donors (Lipinski definition) is 0. The largest absolute Gasteiger partial charge is 0.444 e. The Morgan fingerprint density at radius 2 is 1.83 bits per heavy atom. The summed E-state index contributed by atoms with van der Waals surface area (Å²) in [4.78, 5) is 13.9. The number of ether oxygens (including phenoxy) is 1. The Labute approximate surface area is 187 Å². The zero-order chi connectivity index (χ0) is 22.7. The molecule has 30 heavy (non-hydrogen) atoms. The minimum Gasteiger partial charge on any atom is -0.444 e. The minimum atomic E-state index is -3.29. The molecule has 0 aliphatic carbocycles. The van der Waals surface area contributed by atoms with E-state index in [4.69, 9.17) is 4.74 Å². The molecule has 1 aromatic rings. The van der Waals surface area contributed by atoms with Crippen molar-refractivity contribution in [3.8, 4) is 0 Å². The molecule has 2 aliphatic rings. The third kappa shape index (κ3) is 6.92. The number of allylic oxidation sites excluding steroid dienone is 2. The zero-order valence-electron chi connectivity index (χ0n) is 17.7. The predicted octanol–water partition coefficient (Wildman–Crippen LogP) is 5.05. The molecule has 2 heterocycles. The second-order valence-electron chi connectivity index (χ2n) is 6.56. The van der Waals surface area contributed by atoms with Gasteiger partial charge in [-0.2, -0.15) is 0 Å². The molecule has 1 fully saturated rings. The number of carbonyl (C=O) groups excluding carboxylic acids is 1. The molecule has 9 heteroatoms. The summed E-state index contributed by atoms with van der Waals surface area (Å²) in [7, 11) is -2.79. The molecule has 6 nitrogen and oxygen atoms in total.